The first-order valence-corrected chi connectivity index (χ1v) is 3.89. The minimum atomic E-state index is -0.655. The largest absolute Gasteiger partial charge is 0.508 e. The molecule has 1 aromatic carbocycles. The fraction of sp³-hybridized carbons (Fsp3) is 0.125. The van der Waals surface area contributed by atoms with Gasteiger partial charge in [-0.3, -0.25) is 4.79 Å². The van der Waals surface area contributed by atoms with Crippen LogP contribution >= 0.6 is 12.6 Å². The van der Waals surface area contributed by atoms with E-state index < -0.39 is 11.2 Å². The van der Waals surface area contributed by atoms with Gasteiger partial charge in [-0.1, -0.05) is 12.1 Å². The molecule has 12 heavy (non-hydrogen) atoms. The normalized spacial score (nSPS) is 12.4. The number of thiol groups is 1. The molecule has 1 atom stereocenters. The zero-order valence-corrected chi connectivity index (χ0v) is 7.16. The summed E-state index contributed by atoms with van der Waals surface area (Å²) in [6.07, 6.45) is 0. The van der Waals surface area contributed by atoms with Crippen molar-refractivity contribution in [3.63, 3.8) is 0 Å². The summed E-state index contributed by atoms with van der Waals surface area (Å²) in [6.45, 7) is 0. The molecule has 0 fully saturated rings. The van der Waals surface area contributed by atoms with E-state index in [0.29, 0.717) is 5.56 Å². The SMILES string of the molecule is NC(=O)C(S)c1cccc(O)c1. The predicted molar refractivity (Wildman–Crippen MR) is 49.0 cm³/mol. The third-order valence-electron chi connectivity index (χ3n) is 1.46. The van der Waals surface area contributed by atoms with Gasteiger partial charge in [-0.2, -0.15) is 12.6 Å². The van der Waals surface area contributed by atoms with Crippen LogP contribution in [-0.4, -0.2) is 11.0 Å². The molecule has 0 radical (unpaired) electrons. The summed E-state index contributed by atoms with van der Waals surface area (Å²) >= 11 is 3.98. The van der Waals surface area contributed by atoms with Gasteiger partial charge in [0.2, 0.25) is 5.91 Å². The fourth-order valence-corrected chi connectivity index (χ4v) is 1.02. The first-order chi connectivity index (χ1) is 5.61. The van der Waals surface area contributed by atoms with Crippen molar-refractivity contribution in [1.29, 1.82) is 0 Å². The van der Waals surface area contributed by atoms with E-state index in [9.17, 15) is 4.79 Å². The number of aromatic hydroxyl groups is 1. The molecular formula is C8H9NO2S. The highest BCUT2D eigenvalue weighted by Crippen LogP contribution is 2.22. The number of hydrogen-bond donors (Lipinski definition) is 3. The number of primary amides is 1. The lowest BCUT2D eigenvalue weighted by Crippen LogP contribution is -2.16. The summed E-state index contributed by atoms with van der Waals surface area (Å²) in [5.74, 6) is -0.420. The molecule has 0 aliphatic carbocycles. The minimum absolute atomic E-state index is 0.104. The Morgan fingerprint density at radius 2 is 2.25 bits per heavy atom. The number of benzene rings is 1. The van der Waals surface area contributed by atoms with Crippen LogP contribution in [0.15, 0.2) is 24.3 Å². The Bertz CT molecular complexity index is 301. The quantitative estimate of drug-likeness (QED) is 0.595. The molecule has 1 rings (SSSR count). The summed E-state index contributed by atoms with van der Waals surface area (Å²) in [5.41, 5.74) is 5.62. The molecule has 0 aromatic heterocycles. The van der Waals surface area contributed by atoms with Crippen molar-refractivity contribution in [1.82, 2.24) is 0 Å². The molecule has 0 heterocycles. The summed E-state index contributed by atoms with van der Waals surface area (Å²) < 4.78 is 0. The van der Waals surface area contributed by atoms with E-state index in [2.05, 4.69) is 12.6 Å². The van der Waals surface area contributed by atoms with E-state index >= 15 is 0 Å². The lowest BCUT2D eigenvalue weighted by atomic mass is 10.1. The molecule has 64 valence electrons. The van der Waals surface area contributed by atoms with Crippen molar-refractivity contribution in [3.05, 3.63) is 29.8 Å². The lowest BCUT2D eigenvalue weighted by molar-refractivity contribution is -0.117. The van der Waals surface area contributed by atoms with Gasteiger partial charge in [0, 0.05) is 0 Å². The number of phenolic OH excluding ortho intramolecular Hbond substituents is 1. The van der Waals surface area contributed by atoms with E-state index in [1.165, 1.54) is 12.1 Å². The van der Waals surface area contributed by atoms with Crippen molar-refractivity contribution < 1.29 is 9.90 Å². The van der Waals surface area contributed by atoms with Crippen LogP contribution in [0.5, 0.6) is 5.75 Å². The molecular weight excluding hydrogens is 174 g/mol. The van der Waals surface area contributed by atoms with Crippen molar-refractivity contribution in [2.45, 2.75) is 5.25 Å². The average Bonchev–Trinajstić information content (AvgIpc) is 2.03. The van der Waals surface area contributed by atoms with Crippen molar-refractivity contribution >= 4 is 18.5 Å². The smallest absolute Gasteiger partial charge is 0.234 e. The molecule has 3 nitrogen and oxygen atoms in total. The van der Waals surface area contributed by atoms with E-state index in [1.54, 1.807) is 12.1 Å². The highest BCUT2D eigenvalue weighted by Gasteiger charge is 2.12. The Hall–Kier alpha value is -1.16. The van der Waals surface area contributed by atoms with E-state index in [0.717, 1.165) is 0 Å². The second kappa shape index (κ2) is 3.49. The van der Waals surface area contributed by atoms with Crippen LogP contribution in [0, 0.1) is 0 Å². The number of hydrogen-bond acceptors (Lipinski definition) is 3. The molecule has 0 spiro atoms. The van der Waals surface area contributed by atoms with Gasteiger partial charge in [0.05, 0.1) is 0 Å². The molecule has 0 saturated heterocycles. The van der Waals surface area contributed by atoms with Crippen molar-refractivity contribution in [2.75, 3.05) is 0 Å². The van der Waals surface area contributed by atoms with Gasteiger partial charge in [0.1, 0.15) is 11.0 Å². The van der Waals surface area contributed by atoms with Crippen LogP contribution < -0.4 is 5.73 Å². The molecule has 1 aromatic rings. The van der Waals surface area contributed by atoms with Crippen LogP contribution in [0.3, 0.4) is 0 Å². The van der Waals surface area contributed by atoms with E-state index in [1.807, 2.05) is 0 Å². The van der Waals surface area contributed by atoms with Crippen LogP contribution in [-0.2, 0) is 4.79 Å². The van der Waals surface area contributed by atoms with Crippen LogP contribution in [0.2, 0.25) is 0 Å². The van der Waals surface area contributed by atoms with Crippen molar-refractivity contribution in [3.8, 4) is 5.75 Å². The van der Waals surface area contributed by atoms with Gasteiger partial charge in [0.15, 0.2) is 0 Å². The minimum Gasteiger partial charge on any atom is -0.508 e. The zero-order chi connectivity index (χ0) is 9.14. The molecule has 0 saturated carbocycles. The summed E-state index contributed by atoms with van der Waals surface area (Å²) in [5, 5.41) is 8.40. The van der Waals surface area contributed by atoms with Crippen LogP contribution in [0.1, 0.15) is 10.8 Å². The Balaban J connectivity index is 2.95. The predicted octanol–water partition coefficient (Wildman–Crippen LogP) is 0.848. The molecule has 4 heteroatoms. The fourth-order valence-electron chi connectivity index (χ4n) is 0.859. The average molecular weight is 183 g/mol. The third kappa shape index (κ3) is 1.92. The second-order valence-corrected chi connectivity index (χ2v) is 2.92. The Labute approximate surface area is 75.6 Å². The number of carbonyl (C=O) groups excluding carboxylic acids is 1. The first kappa shape index (κ1) is 8.93. The molecule has 0 aliphatic heterocycles. The Kier molecular flexibility index (Phi) is 2.60. The number of phenols is 1. The first-order valence-electron chi connectivity index (χ1n) is 3.37. The Morgan fingerprint density at radius 1 is 1.58 bits per heavy atom. The van der Waals surface area contributed by atoms with Gasteiger partial charge in [-0.15, -0.1) is 0 Å². The summed E-state index contributed by atoms with van der Waals surface area (Å²) in [7, 11) is 0. The Morgan fingerprint density at radius 3 is 2.75 bits per heavy atom. The van der Waals surface area contributed by atoms with Gasteiger partial charge < -0.3 is 10.8 Å². The topological polar surface area (TPSA) is 63.3 Å². The van der Waals surface area contributed by atoms with Gasteiger partial charge in [-0.25, -0.2) is 0 Å². The van der Waals surface area contributed by atoms with Crippen LogP contribution in [0.25, 0.3) is 0 Å². The van der Waals surface area contributed by atoms with Gasteiger partial charge >= 0.3 is 0 Å². The highest BCUT2D eigenvalue weighted by atomic mass is 32.1. The molecule has 1 unspecified atom stereocenters. The molecule has 0 aliphatic rings. The van der Waals surface area contributed by atoms with Gasteiger partial charge in [0.25, 0.3) is 0 Å². The zero-order valence-electron chi connectivity index (χ0n) is 6.27. The monoisotopic (exact) mass is 183 g/mol. The standard InChI is InChI=1S/C8H9NO2S/c9-8(11)7(12)5-2-1-3-6(10)4-5/h1-4,7,10,12H,(H2,9,11). The summed E-state index contributed by atoms with van der Waals surface area (Å²) in [6, 6.07) is 6.30. The molecule has 1 amide bonds. The van der Waals surface area contributed by atoms with E-state index in [4.69, 9.17) is 10.8 Å². The number of amides is 1. The molecule has 3 N–H and O–H groups in total. The maximum absolute atomic E-state index is 10.7. The lowest BCUT2D eigenvalue weighted by Gasteiger charge is -2.05. The second-order valence-electron chi connectivity index (χ2n) is 2.40. The maximum atomic E-state index is 10.7. The summed E-state index contributed by atoms with van der Waals surface area (Å²) in [4.78, 5) is 10.7. The maximum Gasteiger partial charge on any atom is 0.234 e. The van der Waals surface area contributed by atoms with Crippen molar-refractivity contribution in [2.24, 2.45) is 5.73 Å². The van der Waals surface area contributed by atoms with Crippen LogP contribution in [0.4, 0.5) is 0 Å². The van der Waals surface area contributed by atoms with E-state index in [-0.39, 0.29) is 5.75 Å². The number of carbonyl (C=O) groups is 1. The highest BCUT2D eigenvalue weighted by molar-refractivity contribution is 7.81. The molecule has 0 bridgehead atoms. The number of rotatable bonds is 2. The van der Waals surface area contributed by atoms with Gasteiger partial charge in [-0.05, 0) is 17.7 Å². The third-order valence-corrected chi connectivity index (χ3v) is 2.01. The number of nitrogens with two attached hydrogens (primary N) is 1.